The molecule has 0 spiro atoms. The third-order valence-corrected chi connectivity index (χ3v) is 6.00. The van der Waals surface area contributed by atoms with E-state index in [0.717, 1.165) is 10.5 Å². The van der Waals surface area contributed by atoms with Gasteiger partial charge in [0.05, 0.1) is 18.5 Å². The smallest absolute Gasteiger partial charge is 0.325 e. The van der Waals surface area contributed by atoms with Crippen LogP contribution in [-0.4, -0.2) is 53.9 Å². The zero-order chi connectivity index (χ0) is 23.8. The first-order valence-corrected chi connectivity index (χ1v) is 10.7. The number of carbonyl (C=O) groups is 4. The summed E-state index contributed by atoms with van der Waals surface area (Å²) in [5, 5.41) is 5.53. The van der Waals surface area contributed by atoms with Crippen LogP contribution in [0, 0.1) is 0 Å². The Morgan fingerprint density at radius 1 is 1.12 bits per heavy atom. The van der Waals surface area contributed by atoms with Gasteiger partial charge in [-0.05, 0) is 37.6 Å². The highest BCUT2D eigenvalue weighted by Crippen LogP contribution is 2.32. The van der Waals surface area contributed by atoms with Crippen molar-refractivity contribution in [2.45, 2.75) is 38.3 Å². The number of imide groups is 1. The van der Waals surface area contributed by atoms with E-state index in [2.05, 4.69) is 10.6 Å². The number of hydrogen-bond acceptors (Lipinski definition) is 5. The molecule has 0 saturated carbocycles. The fourth-order valence-corrected chi connectivity index (χ4v) is 4.42. The molecule has 2 aromatic rings. The van der Waals surface area contributed by atoms with Crippen LogP contribution < -0.4 is 20.3 Å². The molecule has 2 aromatic carbocycles. The van der Waals surface area contributed by atoms with E-state index < -0.39 is 36.0 Å². The van der Waals surface area contributed by atoms with Crippen LogP contribution >= 0.6 is 0 Å². The minimum atomic E-state index is -1.22. The monoisotopic (exact) mass is 450 g/mol. The first-order valence-electron chi connectivity index (χ1n) is 10.7. The molecule has 172 valence electrons. The van der Waals surface area contributed by atoms with Gasteiger partial charge in [-0.25, -0.2) is 4.79 Å². The highest BCUT2D eigenvalue weighted by molar-refractivity contribution is 6.11. The molecular formula is C24H26N4O5. The number of hydrogen-bond donors (Lipinski definition) is 2. The van der Waals surface area contributed by atoms with Crippen molar-refractivity contribution in [3.05, 3.63) is 54.1 Å². The lowest BCUT2D eigenvalue weighted by Gasteiger charge is -2.29. The van der Waals surface area contributed by atoms with Crippen LogP contribution in [0.4, 0.5) is 16.2 Å². The minimum absolute atomic E-state index is 0.103. The molecule has 1 fully saturated rings. The minimum Gasteiger partial charge on any atom is -0.496 e. The molecule has 2 aliphatic rings. The van der Waals surface area contributed by atoms with Gasteiger partial charge in [0, 0.05) is 18.9 Å². The van der Waals surface area contributed by atoms with Crippen molar-refractivity contribution in [2.24, 2.45) is 0 Å². The molecule has 1 saturated heterocycles. The SMILES string of the molecule is COc1ccccc1C[C@]1(C)NC(=O)N(CC(=O)N2c3ccccc3NC(=O)C[C@H]2C)C1=O. The van der Waals surface area contributed by atoms with E-state index in [1.165, 1.54) is 4.90 Å². The maximum absolute atomic E-state index is 13.3. The lowest BCUT2D eigenvalue weighted by atomic mass is 9.92. The quantitative estimate of drug-likeness (QED) is 0.680. The van der Waals surface area contributed by atoms with E-state index >= 15 is 0 Å². The summed E-state index contributed by atoms with van der Waals surface area (Å²) in [4.78, 5) is 54.0. The Labute approximate surface area is 191 Å². The number of fused-ring (bicyclic) bond motifs is 1. The Hall–Kier alpha value is -3.88. The fraction of sp³-hybridized carbons (Fsp3) is 0.333. The van der Waals surface area contributed by atoms with Crippen molar-refractivity contribution in [1.82, 2.24) is 10.2 Å². The summed E-state index contributed by atoms with van der Waals surface area (Å²) in [7, 11) is 1.54. The summed E-state index contributed by atoms with van der Waals surface area (Å²) < 4.78 is 5.37. The van der Waals surface area contributed by atoms with Crippen molar-refractivity contribution < 1.29 is 23.9 Å². The van der Waals surface area contributed by atoms with E-state index in [-0.39, 0.29) is 18.7 Å². The van der Waals surface area contributed by atoms with E-state index in [0.29, 0.717) is 17.1 Å². The second-order valence-electron chi connectivity index (χ2n) is 8.52. The van der Waals surface area contributed by atoms with Crippen LogP contribution in [-0.2, 0) is 20.8 Å². The van der Waals surface area contributed by atoms with Gasteiger partial charge in [0.1, 0.15) is 17.8 Å². The number of rotatable bonds is 5. The average Bonchev–Trinajstić information content (AvgIpc) is 2.90. The van der Waals surface area contributed by atoms with E-state index in [4.69, 9.17) is 4.74 Å². The van der Waals surface area contributed by atoms with Crippen molar-refractivity contribution in [3.8, 4) is 5.75 Å². The standard InChI is InChI=1S/C24H26N4O5/c1-15-12-20(29)25-17-9-5-6-10-18(17)28(15)21(30)14-27-22(31)24(2,26-23(27)32)13-16-8-4-7-11-19(16)33-3/h4-11,15H,12-14H2,1-3H3,(H,25,29)(H,26,32)/t15-,24+/m1/s1. The van der Waals surface area contributed by atoms with E-state index in [9.17, 15) is 19.2 Å². The Kier molecular flexibility index (Phi) is 5.80. The molecule has 9 nitrogen and oxygen atoms in total. The zero-order valence-electron chi connectivity index (χ0n) is 18.8. The van der Waals surface area contributed by atoms with Crippen LogP contribution in [0.15, 0.2) is 48.5 Å². The fourth-order valence-electron chi connectivity index (χ4n) is 4.42. The number of nitrogens with zero attached hydrogens (tertiary/aromatic N) is 2. The molecule has 9 heteroatoms. The Morgan fingerprint density at radius 2 is 1.82 bits per heavy atom. The molecule has 0 radical (unpaired) electrons. The van der Waals surface area contributed by atoms with Crippen molar-refractivity contribution in [2.75, 3.05) is 23.9 Å². The molecule has 0 bridgehead atoms. The van der Waals surface area contributed by atoms with Gasteiger partial charge < -0.3 is 20.3 Å². The van der Waals surface area contributed by atoms with Gasteiger partial charge in [0.15, 0.2) is 0 Å². The number of nitrogens with one attached hydrogen (secondary N) is 2. The van der Waals surface area contributed by atoms with Crippen LogP contribution in [0.25, 0.3) is 0 Å². The van der Waals surface area contributed by atoms with Gasteiger partial charge in [0.2, 0.25) is 11.8 Å². The summed E-state index contributed by atoms with van der Waals surface area (Å²) in [5.41, 5.74) is 0.596. The Balaban J connectivity index is 1.57. The van der Waals surface area contributed by atoms with Gasteiger partial charge >= 0.3 is 6.03 Å². The highest BCUT2D eigenvalue weighted by Gasteiger charge is 2.49. The summed E-state index contributed by atoms with van der Waals surface area (Å²) in [6.07, 6.45) is 0.319. The predicted octanol–water partition coefficient (Wildman–Crippen LogP) is 2.31. The normalized spacial score (nSPS) is 22.4. The molecule has 5 amide bonds. The van der Waals surface area contributed by atoms with Crippen LogP contribution in [0.5, 0.6) is 5.75 Å². The number of urea groups is 1. The number of carbonyl (C=O) groups excluding carboxylic acids is 4. The molecule has 2 N–H and O–H groups in total. The summed E-state index contributed by atoms with van der Waals surface area (Å²) >= 11 is 0. The first-order chi connectivity index (χ1) is 15.7. The van der Waals surface area contributed by atoms with Gasteiger partial charge in [-0.15, -0.1) is 0 Å². The molecule has 0 aliphatic carbocycles. The molecule has 2 atom stereocenters. The van der Waals surface area contributed by atoms with Crippen LogP contribution in [0.3, 0.4) is 0 Å². The molecule has 2 aliphatic heterocycles. The number of methoxy groups -OCH3 is 1. The van der Waals surface area contributed by atoms with E-state index in [1.54, 1.807) is 51.3 Å². The zero-order valence-corrected chi connectivity index (χ0v) is 18.8. The third-order valence-electron chi connectivity index (χ3n) is 6.00. The number of anilines is 2. The Bertz CT molecular complexity index is 1130. The number of benzene rings is 2. The summed E-state index contributed by atoms with van der Waals surface area (Å²) in [6.45, 7) is 2.97. The lowest BCUT2D eigenvalue weighted by molar-refractivity contribution is -0.134. The third kappa shape index (κ3) is 4.13. The van der Waals surface area contributed by atoms with Gasteiger partial charge in [-0.2, -0.15) is 0 Å². The maximum atomic E-state index is 13.3. The molecule has 4 rings (SSSR count). The molecular weight excluding hydrogens is 424 g/mol. The Morgan fingerprint density at radius 3 is 2.58 bits per heavy atom. The van der Waals surface area contributed by atoms with Crippen molar-refractivity contribution >= 4 is 35.1 Å². The maximum Gasteiger partial charge on any atom is 0.325 e. The number of amides is 5. The average molecular weight is 450 g/mol. The summed E-state index contributed by atoms with van der Waals surface area (Å²) in [5.74, 6) is -0.527. The molecule has 0 unspecified atom stereocenters. The summed E-state index contributed by atoms with van der Waals surface area (Å²) in [6, 6.07) is 13.2. The molecule has 33 heavy (non-hydrogen) atoms. The van der Waals surface area contributed by atoms with Crippen molar-refractivity contribution in [3.63, 3.8) is 0 Å². The second kappa shape index (κ2) is 8.57. The van der Waals surface area contributed by atoms with Gasteiger partial charge in [0.25, 0.3) is 5.91 Å². The first kappa shape index (κ1) is 22.3. The second-order valence-corrected chi connectivity index (χ2v) is 8.52. The number of para-hydroxylation sites is 3. The van der Waals surface area contributed by atoms with E-state index in [1.807, 2.05) is 18.2 Å². The van der Waals surface area contributed by atoms with Crippen LogP contribution in [0.2, 0.25) is 0 Å². The lowest BCUT2D eigenvalue weighted by Crippen LogP contribution is -2.48. The van der Waals surface area contributed by atoms with Crippen LogP contribution in [0.1, 0.15) is 25.8 Å². The largest absolute Gasteiger partial charge is 0.496 e. The van der Waals surface area contributed by atoms with Gasteiger partial charge in [-0.3, -0.25) is 19.3 Å². The highest BCUT2D eigenvalue weighted by atomic mass is 16.5. The topological polar surface area (TPSA) is 108 Å². The number of ether oxygens (including phenoxy) is 1. The van der Waals surface area contributed by atoms with Gasteiger partial charge in [-0.1, -0.05) is 30.3 Å². The molecule has 0 aromatic heterocycles. The molecule has 2 heterocycles. The predicted molar refractivity (Wildman–Crippen MR) is 122 cm³/mol. The van der Waals surface area contributed by atoms with Crippen molar-refractivity contribution in [1.29, 1.82) is 0 Å².